The summed E-state index contributed by atoms with van der Waals surface area (Å²) in [4.78, 5) is 27.7. The zero-order chi connectivity index (χ0) is 21.5. The van der Waals surface area contributed by atoms with E-state index in [0.29, 0.717) is 40.2 Å². The fourth-order valence-electron chi connectivity index (χ4n) is 2.77. The van der Waals surface area contributed by atoms with Gasteiger partial charge in [-0.1, -0.05) is 11.2 Å². The van der Waals surface area contributed by atoms with Crippen molar-refractivity contribution in [1.29, 1.82) is 0 Å². The average molecular weight is 410 g/mol. The van der Waals surface area contributed by atoms with Crippen LogP contribution in [0.3, 0.4) is 0 Å². The third kappa shape index (κ3) is 5.34. The lowest BCUT2D eigenvalue weighted by molar-refractivity contribution is -0.116. The summed E-state index contributed by atoms with van der Waals surface area (Å²) in [6.07, 6.45) is 0.454. The lowest BCUT2D eigenvalue weighted by Gasteiger charge is -2.07. The van der Waals surface area contributed by atoms with Gasteiger partial charge in [-0.15, -0.1) is 0 Å². The SMILES string of the molecule is COc1ccc(-c2noc(CCC(=O)Nc3cccc(NC(C)=O)c3)n2)cc1OC. The molecule has 3 rings (SSSR count). The maximum atomic E-state index is 12.2. The van der Waals surface area contributed by atoms with E-state index in [1.54, 1.807) is 56.7 Å². The predicted octanol–water partition coefficient (Wildman–Crippen LogP) is 3.28. The molecule has 0 saturated heterocycles. The highest BCUT2D eigenvalue weighted by Crippen LogP contribution is 2.31. The maximum absolute atomic E-state index is 12.2. The number of carbonyl (C=O) groups excluding carboxylic acids is 2. The third-order valence-electron chi connectivity index (χ3n) is 4.14. The van der Waals surface area contributed by atoms with Crippen molar-refractivity contribution in [2.24, 2.45) is 0 Å². The first-order chi connectivity index (χ1) is 14.5. The highest BCUT2D eigenvalue weighted by Gasteiger charge is 2.13. The molecule has 3 aromatic rings. The van der Waals surface area contributed by atoms with Gasteiger partial charge in [0, 0.05) is 36.7 Å². The number of methoxy groups -OCH3 is 2. The van der Waals surface area contributed by atoms with Crippen molar-refractivity contribution in [2.75, 3.05) is 24.9 Å². The van der Waals surface area contributed by atoms with Crippen molar-refractivity contribution in [2.45, 2.75) is 19.8 Å². The van der Waals surface area contributed by atoms with Crippen molar-refractivity contribution < 1.29 is 23.6 Å². The van der Waals surface area contributed by atoms with Crippen LogP contribution in [-0.4, -0.2) is 36.2 Å². The van der Waals surface area contributed by atoms with E-state index >= 15 is 0 Å². The van der Waals surface area contributed by atoms with Gasteiger partial charge in [0.2, 0.25) is 23.5 Å². The zero-order valence-corrected chi connectivity index (χ0v) is 16.9. The van der Waals surface area contributed by atoms with E-state index in [2.05, 4.69) is 20.8 Å². The first-order valence-corrected chi connectivity index (χ1v) is 9.21. The fraction of sp³-hybridized carbons (Fsp3) is 0.238. The van der Waals surface area contributed by atoms with Crippen LogP contribution in [0, 0.1) is 0 Å². The molecule has 2 N–H and O–H groups in total. The highest BCUT2D eigenvalue weighted by molar-refractivity contribution is 5.93. The molecular formula is C21H22N4O5. The highest BCUT2D eigenvalue weighted by atomic mass is 16.5. The van der Waals surface area contributed by atoms with E-state index in [1.807, 2.05) is 0 Å². The summed E-state index contributed by atoms with van der Waals surface area (Å²) in [6, 6.07) is 12.2. The van der Waals surface area contributed by atoms with Gasteiger partial charge < -0.3 is 24.6 Å². The van der Waals surface area contributed by atoms with E-state index in [9.17, 15) is 9.59 Å². The lowest BCUT2D eigenvalue weighted by Crippen LogP contribution is -2.13. The Bertz CT molecular complexity index is 1050. The quantitative estimate of drug-likeness (QED) is 0.585. The van der Waals surface area contributed by atoms with Gasteiger partial charge in [-0.05, 0) is 36.4 Å². The second-order valence-electron chi connectivity index (χ2n) is 6.39. The third-order valence-corrected chi connectivity index (χ3v) is 4.14. The lowest BCUT2D eigenvalue weighted by atomic mass is 10.2. The van der Waals surface area contributed by atoms with Crippen LogP contribution in [0.15, 0.2) is 47.0 Å². The van der Waals surface area contributed by atoms with Crippen LogP contribution >= 0.6 is 0 Å². The number of nitrogens with zero attached hydrogens (tertiary/aromatic N) is 2. The Kier molecular flexibility index (Phi) is 6.63. The van der Waals surface area contributed by atoms with E-state index < -0.39 is 0 Å². The number of hydrogen-bond acceptors (Lipinski definition) is 7. The van der Waals surface area contributed by atoms with Crippen molar-refractivity contribution in [1.82, 2.24) is 10.1 Å². The van der Waals surface area contributed by atoms with Crippen molar-refractivity contribution in [3.63, 3.8) is 0 Å². The molecule has 2 amide bonds. The largest absolute Gasteiger partial charge is 0.493 e. The van der Waals surface area contributed by atoms with Crippen molar-refractivity contribution in [3.8, 4) is 22.9 Å². The summed E-state index contributed by atoms with van der Waals surface area (Å²) in [5.41, 5.74) is 1.90. The predicted molar refractivity (Wildman–Crippen MR) is 111 cm³/mol. The number of nitrogens with one attached hydrogen (secondary N) is 2. The molecule has 156 valence electrons. The first kappa shape index (κ1) is 20.8. The molecule has 0 radical (unpaired) electrons. The summed E-state index contributed by atoms with van der Waals surface area (Å²) in [5.74, 6) is 1.52. The van der Waals surface area contributed by atoms with Crippen LogP contribution in [0.5, 0.6) is 11.5 Å². The number of carbonyl (C=O) groups is 2. The van der Waals surface area contributed by atoms with Crippen LogP contribution in [-0.2, 0) is 16.0 Å². The maximum Gasteiger partial charge on any atom is 0.227 e. The number of ether oxygens (including phenoxy) is 2. The molecule has 9 nitrogen and oxygen atoms in total. The summed E-state index contributed by atoms with van der Waals surface area (Å²) in [7, 11) is 3.11. The van der Waals surface area contributed by atoms with Crippen LogP contribution in [0.2, 0.25) is 0 Å². The van der Waals surface area contributed by atoms with E-state index in [-0.39, 0.29) is 24.7 Å². The average Bonchev–Trinajstić information content (AvgIpc) is 3.20. The Hall–Kier alpha value is -3.88. The summed E-state index contributed by atoms with van der Waals surface area (Å²) in [6.45, 7) is 1.42. The summed E-state index contributed by atoms with van der Waals surface area (Å²) in [5, 5.41) is 9.42. The Labute approximate surface area is 173 Å². The van der Waals surface area contributed by atoms with Gasteiger partial charge in [-0.3, -0.25) is 9.59 Å². The van der Waals surface area contributed by atoms with Gasteiger partial charge in [0.1, 0.15) is 0 Å². The summed E-state index contributed by atoms with van der Waals surface area (Å²) >= 11 is 0. The Morgan fingerprint density at radius 1 is 1.00 bits per heavy atom. The normalized spacial score (nSPS) is 10.4. The Morgan fingerprint density at radius 2 is 1.73 bits per heavy atom. The van der Waals surface area contributed by atoms with Gasteiger partial charge >= 0.3 is 0 Å². The molecule has 9 heteroatoms. The number of aromatic nitrogens is 2. The van der Waals surface area contributed by atoms with Gasteiger partial charge in [-0.25, -0.2) is 0 Å². The monoisotopic (exact) mass is 410 g/mol. The molecule has 1 aromatic heterocycles. The standard InChI is InChI=1S/C21H22N4O5/c1-13(26)22-15-5-4-6-16(12-15)23-19(27)9-10-20-24-21(25-30-20)14-7-8-17(28-2)18(11-14)29-3/h4-8,11-12H,9-10H2,1-3H3,(H,22,26)(H,23,27). The number of hydrogen-bond donors (Lipinski definition) is 2. The number of aryl methyl sites for hydroxylation is 1. The van der Waals surface area contributed by atoms with Crippen LogP contribution in [0.25, 0.3) is 11.4 Å². The van der Waals surface area contributed by atoms with Gasteiger partial charge in [-0.2, -0.15) is 4.98 Å². The Balaban J connectivity index is 1.59. The second kappa shape index (κ2) is 9.55. The summed E-state index contributed by atoms with van der Waals surface area (Å²) < 4.78 is 15.8. The van der Waals surface area contributed by atoms with Gasteiger partial charge in [0.05, 0.1) is 14.2 Å². The fourth-order valence-corrected chi connectivity index (χ4v) is 2.77. The molecule has 0 bridgehead atoms. The number of amides is 2. The molecule has 0 saturated carbocycles. The van der Waals surface area contributed by atoms with Crippen LogP contribution in [0.4, 0.5) is 11.4 Å². The molecule has 0 aliphatic carbocycles. The molecule has 0 aliphatic rings. The molecule has 2 aromatic carbocycles. The minimum absolute atomic E-state index is 0.165. The molecule has 0 spiro atoms. The molecule has 30 heavy (non-hydrogen) atoms. The molecule has 0 fully saturated rings. The minimum atomic E-state index is -0.208. The number of anilines is 2. The smallest absolute Gasteiger partial charge is 0.227 e. The van der Waals surface area contributed by atoms with Gasteiger partial charge in [0.25, 0.3) is 0 Å². The molecule has 0 aliphatic heterocycles. The minimum Gasteiger partial charge on any atom is -0.493 e. The van der Waals surface area contributed by atoms with Crippen molar-refractivity contribution in [3.05, 3.63) is 48.4 Å². The van der Waals surface area contributed by atoms with Gasteiger partial charge in [0.15, 0.2) is 11.5 Å². The molecule has 1 heterocycles. The second-order valence-corrected chi connectivity index (χ2v) is 6.39. The molecule has 0 atom stereocenters. The molecular weight excluding hydrogens is 388 g/mol. The van der Waals surface area contributed by atoms with Crippen molar-refractivity contribution >= 4 is 23.2 Å². The number of rotatable bonds is 8. The van der Waals surface area contributed by atoms with E-state index in [0.717, 1.165) is 0 Å². The van der Waals surface area contributed by atoms with Crippen LogP contribution < -0.4 is 20.1 Å². The zero-order valence-electron chi connectivity index (χ0n) is 16.9. The van der Waals surface area contributed by atoms with E-state index in [4.69, 9.17) is 14.0 Å². The van der Waals surface area contributed by atoms with Crippen LogP contribution in [0.1, 0.15) is 19.2 Å². The topological polar surface area (TPSA) is 116 Å². The first-order valence-electron chi connectivity index (χ1n) is 9.21. The molecule has 0 unspecified atom stereocenters. The van der Waals surface area contributed by atoms with E-state index in [1.165, 1.54) is 6.92 Å². The Morgan fingerprint density at radius 3 is 2.43 bits per heavy atom. The number of benzene rings is 2.